The van der Waals surface area contributed by atoms with Crippen molar-refractivity contribution >= 4 is 32.3 Å². The second-order valence-electron chi connectivity index (χ2n) is 18.1. The van der Waals surface area contributed by atoms with Crippen LogP contribution in [-0.4, -0.2) is 0 Å². The quantitative estimate of drug-likeness (QED) is 0.157. The minimum atomic E-state index is -0.0529. The van der Waals surface area contributed by atoms with E-state index in [4.69, 9.17) is 0 Å². The summed E-state index contributed by atoms with van der Waals surface area (Å²) in [6.45, 7) is 7.30. The summed E-state index contributed by atoms with van der Waals surface area (Å²) >= 11 is 0. The van der Waals surface area contributed by atoms with Gasteiger partial charge in [0.2, 0.25) is 0 Å². The van der Waals surface area contributed by atoms with Crippen LogP contribution in [0.3, 0.4) is 0 Å². The van der Waals surface area contributed by atoms with Gasteiger partial charge in [-0.1, -0.05) is 160 Å². The van der Waals surface area contributed by atoms with Crippen LogP contribution in [0.1, 0.15) is 75.1 Å². The zero-order valence-corrected chi connectivity index (χ0v) is 32.1. The van der Waals surface area contributed by atoms with Gasteiger partial charge in [0.05, 0.1) is 0 Å². The summed E-state index contributed by atoms with van der Waals surface area (Å²) in [5, 5.41) is 8.14. The second-order valence-corrected chi connectivity index (χ2v) is 18.1. The third-order valence-electron chi connectivity index (χ3n) is 15.0. The first-order chi connectivity index (χ1) is 26.9. The lowest BCUT2D eigenvalue weighted by molar-refractivity contribution is 0.0863. The molecule has 12 rings (SSSR count). The molecule has 4 aliphatic carbocycles. The summed E-state index contributed by atoms with van der Waals surface area (Å²) < 4.78 is 0. The van der Waals surface area contributed by atoms with Gasteiger partial charge in [0.25, 0.3) is 0 Å². The smallest absolute Gasteiger partial charge is 0.0249 e. The molecule has 2 fully saturated rings. The number of fused-ring (bicyclic) bond motifs is 15. The van der Waals surface area contributed by atoms with E-state index in [1.165, 1.54) is 120 Å². The second kappa shape index (κ2) is 11.3. The average Bonchev–Trinajstić information content (AvgIpc) is 3.63. The van der Waals surface area contributed by atoms with E-state index >= 15 is 0 Å². The van der Waals surface area contributed by atoms with E-state index in [0.717, 1.165) is 11.8 Å². The summed E-state index contributed by atoms with van der Waals surface area (Å²) in [7, 11) is 0. The molecule has 0 N–H and O–H groups in total. The Morgan fingerprint density at radius 2 is 1.04 bits per heavy atom. The van der Waals surface area contributed by atoms with Crippen molar-refractivity contribution in [3.8, 4) is 44.5 Å². The summed E-state index contributed by atoms with van der Waals surface area (Å²) in [5.74, 6) is 2.37. The molecule has 1 spiro atoms. The Hall–Kier alpha value is -5.46. The van der Waals surface area contributed by atoms with Crippen LogP contribution in [0.2, 0.25) is 0 Å². The lowest BCUT2D eigenvalue weighted by Gasteiger charge is -2.51. The van der Waals surface area contributed by atoms with E-state index in [2.05, 4.69) is 166 Å². The van der Waals surface area contributed by atoms with Gasteiger partial charge in [-0.2, -0.15) is 0 Å². The van der Waals surface area contributed by atoms with Crippen LogP contribution in [0.5, 0.6) is 0 Å². The first-order valence-corrected chi connectivity index (χ1v) is 20.8. The molecule has 55 heavy (non-hydrogen) atoms. The zero-order chi connectivity index (χ0) is 36.6. The fourth-order valence-electron chi connectivity index (χ4n) is 12.8. The van der Waals surface area contributed by atoms with Crippen molar-refractivity contribution in [2.24, 2.45) is 17.8 Å². The first kappa shape index (κ1) is 31.8. The highest BCUT2D eigenvalue weighted by Crippen LogP contribution is 2.64. The summed E-state index contributed by atoms with van der Waals surface area (Å²) in [4.78, 5) is 0. The summed E-state index contributed by atoms with van der Waals surface area (Å²) in [5.41, 5.74) is 17.1. The molecule has 4 atom stereocenters. The van der Waals surface area contributed by atoms with E-state index in [-0.39, 0.29) is 10.8 Å². The van der Waals surface area contributed by atoms with Gasteiger partial charge in [0, 0.05) is 10.8 Å². The fourth-order valence-corrected chi connectivity index (χ4v) is 12.8. The van der Waals surface area contributed by atoms with E-state index < -0.39 is 0 Å². The highest BCUT2D eigenvalue weighted by atomic mass is 14.6. The van der Waals surface area contributed by atoms with Gasteiger partial charge >= 0.3 is 0 Å². The summed E-state index contributed by atoms with van der Waals surface area (Å²) in [6.07, 6.45) is 6.73. The van der Waals surface area contributed by atoms with E-state index in [1.807, 2.05) is 0 Å². The monoisotopic (exact) mass is 706 g/mol. The molecular formula is C55H46. The van der Waals surface area contributed by atoms with Crippen LogP contribution < -0.4 is 0 Å². The third kappa shape index (κ3) is 4.18. The van der Waals surface area contributed by atoms with Crippen molar-refractivity contribution in [3.63, 3.8) is 0 Å². The highest BCUT2D eigenvalue weighted by molar-refractivity contribution is 6.24. The molecule has 8 aromatic rings. The standard InChI is InChI=1S/C55H46/c1-33-29-34-27-28-55(36(30-33)31-34)49-22-11-9-14-39(49)47-26-25-37-41(19-12-20-46(37)53(47)55)52-44-17-6-4-15-42(44)51(43-16-5-7-18-45(43)52)35-23-24-40-38-13-8-10-21-48(38)54(2,3)50(40)32-35/h4-26,32-34,36H,27-31H2,1-3H3. The predicted octanol–water partition coefficient (Wildman–Crippen LogP) is 14.9. The van der Waals surface area contributed by atoms with Crippen molar-refractivity contribution in [1.82, 2.24) is 0 Å². The maximum Gasteiger partial charge on any atom is 0.0249 e. The largest absolute Gasteiger partial charge is 0.0625 e. The topological polar surface area (TPSA) is 0 Å². The van der Waals surface area contributed by atoms with Gasteiger partial charge in [0.1, 0.15) is 0 Å². The van der Waals surface area contributed by atoms with E-state index in [1.54, 1.807) is 11.1 Å². The molecule has 0 amide bonds. The Balaban J connectivity index is 1.12. The van der Waals surface area contributed by atoms with Crippen LogP contribution in [0.25, 0.3) is 76.8 Å². The minimum absolute atomic E-state index is 0.0529. The minimum Gasteiger partial charge on any atom is -0.0625 e. The van der Waals surface area contributed by atoms with Crippen molar-refractivity contribution in [1.29, 1.82) is 0 Å². The predicted molar refractivity (Wildman–Crippen MR) is 233 cm³/mol. The molecule has 4 aliphatic rings. The molecule has 2 bridgehead atoms. The van der Waals surface area contributed by atoms with Gasteiger partial charge in [-0.3, -0.25) is 0 Å². The molecule has 0 nitrogen and oxygen atoms in total. The van der Waals surface area contributed by atoms with Gasteiger partial charge in [-0.25, -0.2) is 0 Å². The molecule has 4 unspecified atom stereocenters. The normalized spacial score (nSPS) is 22.9. The SMILES string of the molecule is CC1CC2CCC3(c4ccccc4-c4ccc5c(-c6c7ccccc7c(-c7ccc8c(c7)C(C)(C)c7ccccc7-8)c7ccccc67)cccc5c43)C(C1)C2. The molecule has 8 aromatic carbocycles. The van der Waals surface area contributed by atoms with Crippen molar-refractivity contribution in [2.45, 2.75) is 63.7 Å². The zero-order valence-electron chi connectivity index (χ0n) is 32.1. The maximum absolute atomic E-state index is 2.52. The molecule has 0 radical (unpaired) electrons. The van der Waals surface area contributed by atoms with Gasteiger partial charge in [-0.15, -0.1) is 0 Å². The first-order valence-electron chi connectivity index (χ1n) is 20.8. The van der Waals surface area contributed by atoms with E-state index in [9.17, 15) is 0 Å². The van der Waals surface area contributed by atoms with Crippen LogP contribution in [-0.2, 0) is 10.8 Å². The third-order valence-corrected chi connectivity index (χ3v) is 15.0. The van der Waals surface area contributed by atoms with Crippen molar-refractivity contribution in [3.05, 3.63) is 168 Å². The number of hydrogen-bond donors (Lipinski definition) is 0. The van der Waals surface area contributed by atoms with Gasteiger partial charge in [0.15, 0.2) is 0 Å². The number of hydrogen-bond acceptors (Lipinski definition) is 0. The van der Waals surface area contributed by atoms with Crippen molar-refractivity contribution < 1.29 is 0 Å². The van der Waals surface area contributed by atoms with Gasteiger partial charge in [-0.05, 0) is 155 Å². The van der Waals surface area contributed by atoms with Gasteiger partial charge < -0.3 is 0 Å². The fraction of sp³-hybridized carbons (Fsp3) is 0.236. The number of rotatable bonds is 2. The van der Waals surface area contributed by atoms with Crippen LogP contribution in [0, 0.1) is 17.8 Å². The average molecular weight is 707 g/mol. The molecule has 0 saturated heterocycles. The Labute approximate surface area is 324 Å². The molecule has 0 heterocycles. The molecule has 0 aliphatic heterocycles. The molecule has 2 saturated carbocycles. The Bertz CT molecular complexity index is 2860. The van der Waals surface area contributed by atoms with E-state index in [0.29, 0.717) is 5.92 Å². The summed E-state index contributed by atoms with van der Waals surface area (Å²) in [6, 6.07) is 56.3. The number of benzene rings is 8. The molecule has 0 heteroatoms. The van der Waals surface area contributed by atoms with Crippen molar-refractivity contribution in [2.75, 3.05) is 0 Å². The van der Waals surface area contributed by atoms with Crippen LogP contribution >= 0.6 is 0 Å². The Morgan fingerprint density at radius 1 is 0.455 bits per heavy atom. The maximum atomic E-state index is 2.52. The van der Waals surface area contributed by atoms with Crippen LogP contribution in [0.15, 0.2) is 146 Å². The van der Waals surface area contributed by atoms with Crippen LogP contribution in [0.4, 0.5) is 0 Å². The highest BCUT2D eigenvalue weighted by Gasteiger charge is 2.53. The lowest BCUT2D eigenvalue weighted by Crippen LogP contribution is -2.44. The molecular weight excluding hydrogens is 661 g/mol. The Kier molecular flexibility index (Phi) is 6.54. The molecule has 266 valence electrons. The lowest BCUT2D eigenvalue weighted by atomic mass is 9.53. The Morgan fingerprint density at radius 3 is 1.78 bits per heavy atom. The molecule has 0 aromatic heterocycles.